The van der Waals surface area contributed by atoms with Gasteiger partial charge in [0.25, 0.3) is 0 Å². The molecule has 4 atom stereocenters. The summed E-state index contributed by atoms with van der Waals surface area (Å²) in [5.74, 6) is -0.204. The van der Waals surface area contributed by atoms with E-state index in [4.69, 9.17) is 21.5 Å². The number of sulfonamides is 1. The number of anilines is 1. The zero-order valence-electron chi connectivity index (χ0n) is 22.8. The van der Waals surface area contributed by atoms with Crippen molar-refractivity contribution < 1.29 is 28.2 Å². The summed E-state index contributed by atoms with van der Waals surface area (Å²) >= 11 is 9.83. The first-order chi connectivity index (χ1) is 19.4. The van der Waals surface area contributed by atoms with E-state index in [1.807, 2.05) is 12.1 Å². The van der Waals surface area contributed by atoms with Crippen molar-refractivity contribution in [2.45, 2.75) is 56.5 Å². The van der Waals surface area contributed by atoms with Crippen LogP contribution in [0.4, 0.5) is 5.69 Å². The van der Waals surface area contributed by atoms with Crippen LogP contribution in [0.5, 0.6) is 5.75 Å². The normalized spacial score (nSPS) is 25.0. The quantitative estimate of drug-likeness (QED) is 0.333. The van der Waals surface area contributed by atoms with Gasteiger partial charge in [0, 0.05) is 23.5 Å². The molecule has 2 aromatic rings. The summed E-state index contributed by atoms with van der Waals surface area (Å²) in [5, 5.41) is 26.6. The lowest BCUT2D eigenvalue weighted by Gasteiger charge is -2.45. The molecule has 0 saturated heterocycles. The average Bonchev–Trinajstić information content (AvgIpc) is 3.02. The largest absolute Gasteiger partial charge is 0.490 e. The molecule has 1 heterocycles. The maximum Gasteiger partial charge on any atom is 0.335 e. The second-order valence-corrected chi connectivity index (χ2v) is 14.9. The lowest BCUT2D eigenvalue weighted by molar-refractivity contribution is 0.0455. The summed E-state index contributed by atoms with van der Waals surface area (Å²) in [7, 11) is -3.52. The number of benzene rings is 2. The number of carboxylic acid groups (broad SMARTS) is 1. The third-order valence-corrected chi connectivity index (χ3v) is 10.6. The number of nitrogens with two attached hydrogens (primary N) is 1. The summed E-state index contributed by atoms with van der Waals surface area (Å²) in [4.78, 5) is 14.1. The Kier molecular flexibility index (Phi) is 9.07. The molecular formula is C30H36BrClN2O6S. The molecule has 1 fully saturated rings. The van der Waals surface area contributed by atoms with E-state index in [0.717, 1.165) is 47.3 Å². The fourth-order valence-corrected chi connectivity index (χ4v) is 7.93. The Bertz CT molecular complexity index is 1450. The predicted octanol–water partition coefficient (Wildman–Crippen LogP) is 5.25. The standard InChI is InChI=1S/C30H36BrClN2O6S/c31-22(4-2-12-41(33,38)39)15-27(35)24-8-5-21(24)16-34-17-30(11-1-3-19-13-23(32)7-9-25(19)30)18-40-28-10-6-20(29(36)37)14-26(28)34/h6-7,9-10,13-15,21,24,27,35H,1-5,8,11-12,16-18H2,(H,36,37)(H2,33,38,39)/b22-15-/t21-,24+,27-,30?/m0/s1. The van der Waals surface area contributed by atoms with E-state index in [1.165, 1.54) is 11.1 Å². The van der Waals surface area contributed by atoms with Gasteiger partial charge in [-0.1, -0.05) is 33.6 Å². The second kappa shape index (κ2) is 12.2. The van der Waals surface area contributed by atoms with Crippen molar-refractivity contribution >= 4 is 49.2 Å². The molecule has 0 bridgehead atoms. The van der Waals surface area contributed by atoms with Gasteiger partial charge < -0.3 is 19.8 Å². The van der Waals surface area contributed by atoms with Crippen molar-refractivity contribution in [3.63, 3.8) is 0 Å². The Labute approximate surface area is 254 Å². The van der Waals surface area contributed by atoms with Gasteiger partial charge in [-0.15, -0.1) is 0 Å². The van der Waals surface area contributed by atoms with Gasteiger partial charge >= 0.3 is 5.97 Å². The van der Waals surface area contributed by atoms with Crippen LogP contribution in [-0.4, -0.2) is 56.2 Å². The number of hydrogen-bond donors (Lipinski definition) is 3. The minimum Gasteiger partial charge on any atom is -0.490 e. The number of primary sulfonamides is 1. The molecule has 5 rings (SSSR count). The van der Waals surface area contributed by atoms with E-state index in [2.05, 4.69) is 26.9 Å². The lowest BCUT2D eigenvalue weighted by atomic mass is 9.68. The highest BCUT2D eigenvalue weighted by molar-refractivity contribution is 9.11. The van der Waals surface area contributed by atoms with Crippen LogP contribution < -0.4 is 14.8 Å². The van der Waals surface area contributed by atoms with E-state index >= 15 is 0 Å². The van der Waals surface area contributed by atoms with Gasteiger partial charge in [-0.05, 0) is 109 Å². The number of allylic oxidation sites excluding steroid dienone is 1. The number of aryl methyl sites for hydroxylation is 1. The predicted molar refractivity (Wildman–Crippen MR) is 164 cm³/mol. The van der Waals surface area contributed by atoms with E-state index in [-0.39, 0.29) is 28.6 Å². The number of ether oxygens (including phenoxy) is 1. The number of carbonyl (C=O) groups is 1. The molecule has 1 unspecified atom stereocenters. The van der Waals surface area contributed by atoms with E-state index in [0.29, 0.717) is 38.3 Å². The molecule has 1 aliphatic heterocycles. The van der Waals surface area contributed by atoms with Crippen molar-refractivity contribution in [1.82, 2.24) is 0 Å². The molecule has 11 heteroatoms. The Hall–Kier alpha value is -2.11. The van der Waals surface area contributed by atoms with Gasteiger partial charge in [0.2, 0.25) is 10.0 Å². The second-order valence-electron chi connectivity index (χ2n) is 11.7. The number of rotatable bonds is 9. The highest BCUT2D eigenvalue weighted by Crippen LogP contribution is 2.46. The van der Waals surface area contributed by atoms with Crippen molar-refractivity contribution in [2.75, 3.05) is 30.3 Å². The third-order valence-electron chi connectivity index (χ3n) is 8.85. The summed E-state index contributed by atoms with van der Waals surface area (Å²) < 4.78 is 29.7. The summed E-state index contributed by atoms with van der Waals surface area (Å²) in [6, 6.07) is 11.1. The molecule has 3 aliphatic rings. The van der Waals surface area contributed by atoms with Crippen LogP contribution >= 0.6 is 27.5 Å². The van der Waals surface area contributed by atoms with Gasteiger partial charge in [-0.2, -0.15) is 0 Å². The number of aliphatic hydroxyl groups excluding tert-OH is 1. The fraction of sp³-hybridized carbons (Fsp3) is 0.500. The molecule has 1 saturated carbocycles. The summed E-state index contributed by atoms with van der Waals surface area (Å²) in [6.07, 6.45) is 6.68. The molecule has 41 heavy (non-hydrogen) atoms. The molecule has 222 valence electrons. The lowest BCUT2D eigenvalue weighted by Crippen LogP contribution is -2.49. The van der Waals surface area contributed by atoms with Crippen LogP contribution in [0.25, 0.3) is 0 Å². The van der Waals surface area contributed by atoms with E-state index in [1.54, 1.807) is 24.3 Å². The minimum absolute atomic E-state index is 0.0319. The summed E-state index contributed by atoms with van der Waals surface area (Å²) in [6.45, 7) is 1.81. The molecule has 0 amide bonds. The van der Waals surface area contributed by atoms with Crippen LogP contribution in [0.2, 0.25) is 5.02 Å². The molecule has 0 aromatic heterocycles. The molecule has 2 aliphatic carbocycles. The molecule has 0 radical (unpaired) electrons. The number of aliphatic hydroxyl groups is 1. The Balaban J connectivity index is 1.40. The molecule has 1 spiro atoms. The number of fused-ring (bicyclic) bond motifs is 3. The first kappa shape index (κ1) is 30.4. The van der Waals surface area contributed by atoms with Crippen LogP contribution in [0, 0.1) is 11.8 Å². The van der Waals surface area contributed by atoms with Crippen molar-refractivity contribution in [1.29, 1.82) is 0 Å². The Morgan fingerprint density at radius 3 is 2.78 bits per heavy atom. The van der Waals surface area contributed by atoms with Crippen LogP contribution in [0.1, 0.15) is 60.0 Å². The number of aromatic carboxylic acids is 1. The third kappa shape index (κ3) is 6.94. The highest BCUT2D eigenvalue weighted by atomic mass is 79.9. The molecular weight excluding hydrogens is 632 g/mol. The van der Waals surface area contributed by atoms with Crippen molar-refractivity contribution in [2.24, 2.45) is 17.0 Å². The number of carboxylic acids is 1. The number of halogens is 2. The van der Waals surface area contributed by atoms with E-state index in [9.17, 15) is 23.4 Å². The first-order valence-corrected chi connectivity index (χ1v) is 16.9. The Morgan fingerprint density at radius 1 is 1.27 bits per heavy atom. The molecule has 2 aromatic carbocycles. The van der Waals surface area contributed by atoms with Crippen molar-refractivity contribution in [3.05, 3.63) is 68.7 Å². The monoisotopic (exact) mass is 666 g/mol. The Morgan fingerprint density at radius 2 is 2.07 bits per heavy atom. The fourth-order valence-electron chi connectivity index (χ4n) is 6.64. The van der Waals surface area contributed by atoms with Gasteiger partial charge in [-0.3, -0.25) is 0 Å². The topological polar surface area (TPSA) is 130 Å². The van der Waals surface area contributed by atoms with E-state index < -0.39 is 22.1 Å². The van der Waals surface area contributed by atoms with Crippen LogP contribution in [0.3, 0.4) is 0 Å². The van der Waals surface area contributed by atoms with Crippen molar-refractivity contribution in [3.8, 4) is 5.75 Å². The number of hydrogen-bond acceptors (Lipinski definition) is 6. The van der Waals surface area contributed by atoms with Gasteiger partial charge in [0.05, 0.1) is 29.7 Å². The average molecular weight is 668 g/mol. The van der Waals surface area contributed by atoms with Gasteiger partial charge in [0.15, 0.2) is 0 Å². The molecule has 8 nitrogen and oxygen atoms in total. The first-order valence-electron chi connectivity index (χ1n) is 14.0. The summed E-state index contributed by atoms with van der Waals surface area (Å²) in [5.41, 5.74) is 3.17. The maximum absolute atomic E-state index is 11.9. The minimum atomic E-state index is -3.52. The van der Waals surface area contributed by atoms with Gasteiger partial charge in [0.1, 0.15) is 5.75 Å². The molecule has 4 N–H and O–H groups in total. The van der Waals surface area contributed by atoms with Crippen LogP contribution in [0.15, 0.2) is 47.0 Å². The van der Waals surface area contributed by atoms with Crippen LogP contribution in [-0.2, 0) is 21.9 Å². The zero-order valence-corrected chi connectivity index (χ0v) is 25.9. The number of nitrogens with zero attached hydrogens (tertiary/aromatic N) is 1. The maximum atomic E-state index is 11.9. The smallest absolute Gasteiger partial charge is 0.335 e. The zero-order chi connectivity index (χ0) is 29.4. The SMILES string of the molecule is NS(=O)(=O)CCC/C(Br)=C/[C@H](O)[C@@H]1CC[C@H]1CN1CC2(CCCc3cc(Cl)ccc32)COc2ccc(C(=O)O)cc21. The van der Waals surface area contributed by atoms with Gasteiger partial charge in [-0.25, -0.2) is 18.4 Å². The highest BCUT2D eigenvalue weighted by Gasteiger charge is 2.44.